The van der Waals surface area contributed by atoms with Crippen molar-refractivity contribution < 1.29 is 4.74 Å². The van der Waals surface area contributed by atoms with E-state index in [4.69, 9.17) is 4.74 Å². The maximum atomic E-state index is 5.26. The highest BCUT2D eigenvalue weighted by molar-refractivity contribution is 5.42. The van der Waals surface area contributed by atoms with Gasteiger partial charge in [0.2, 0.25) is 0 Å². The van der Waals surface area contributed by atoms with Crippen LogP contribution in [0, 0.1) is 5.41 Å². The van der Waals surface area contributed by atoms with Crippen molar-refractivity contribution in [2.45, 2.75) is 19.8 Å². The van der Waals surface area contributed by atoms with Crippen molar-refractivity contribution in [2.75, 3.05) is 31.2 Å². The van der Waals surface area contributed by atoms with E-state index in [-0.39, 0.29) is 0 Å². The quantitative estimate of drug-likeness (QED) is 0.754. The number of ether oxygens (including phenoxy) is 1. The maximum absolute atomic E-state index is 5.26. The van der Waals surface area contributed by atoms with Gasteiger partial charge in [0, 0.05) is 19.3 Å². The molecule has 0 atom stereocenters. The molecular formula is C12H17N3O. The Hall–Kier alpha value is -1.16. The molecule has 1 aromatic rings. The molecule has 0 N–H and O–H groups in total. The van der Waals surface area contributed by atoms with E-state index in [0.717, 1.165) is 37.8 Å². The Balaban J connectivity index is 1.73. The van der Waals surface area contributed by atoms with Crippen LogP contribution >= 0.6 is 0 Å². The average molecular weight is 219 g/mol. The van der Waals surface area contributed by atoms with Crippen molar-refractivity contribution >= 4 is 5.82 Å². The van der Waals surface area contributed by atoms with Crippen LogP contribution in [-0.4, -0.2) is 36.3 Å². The first-order valence-electron chi connectivity index (χ1n) is 5.83. The normalized spacial score (nSPS) is 22.1. The van der Waals surface area contributed by atoms with E-state index in [2.05, 4.69) is 28.7 Å². The van der Waals surface area contributed by atoms with Crippen molar-refractivity contribution in [1.29, 1.82) is 0 Å². The van der Waals surface area contributed by atoms with Crippen LogP contribution in [-0.2, 0) is 4.74 Å². The Morgan fingerprint density at radius 2 is 2.06 bits per heavy atom. The third kappa shape index (κ3) is 1.48. The molecule has 0 saturated carbocycles. The molecule has 4 nitrogen and oxygen atoms in total. The molecule has 1 aromatic heterocycles. The van der Waals surface area contributed by atoms with Crippen LogP contribution in [0.5, 0.6) is 0 Å². The Kier molecular flexibility index (Phi) is 2.14. The molecule has 2 aliphatic heterocycles. The minimum absolute atomic E-state index is 0.440. The molecule has 2 saturated heterocycles. The highest BCUT2D eigenvalue weighted by Crippen LogP contribution is 2.39. The van der Waals surface area contributed by atoms with Gasteiger partial charge < -0.3 is 9.64 Å². The smallest absolute Gasteiger partial charge is 0.147 e. The topological polar surface area (TPSA) is 38.2 Å². The largest absolute Gasteiger partial charge is 0.380 e. The van der Waals surface area contributed by atoms with Crippen LogP contribution in [0.1, 0.15) is 25.5 Å². The summed E-state index contributed by atoms with van der Waals surface area (Å²) >= 11 is 0. The van der Waals surface area contributed by atoms with Gasteiger partial charge in [0.25, 0.3) is 0 Å². The molecule has 0 aliphatic carbocycles. The first-order chi connectivity index (χ1) is 7.69. The van der Waals surface area contributed by atoms with Gasteiger partial charge in [-0.15, -0.1) is 0 Å². The Morgan fingerprint density at radius 3 is 2.62 bits per heavy atom. The fourth-order valence-electron chi connectivity index (χ4n) is 2.30. The lowest BCUT2D eigenvalue weighted by Gasteiger charge is -2.55. The van der Waals surface area contributed by atoms with Crippen molar-refractivity contribution in [1.82, 2.24) is 9.97 Å². The Labute approximate surface area is 95.7 Å². The van der Waals surface area contributed by atoms with Crippen LogP contribution < -0.4 is 4.90 Å². The zero-order valence-electron chi connectivity index (χ0n) is 9.81. The van der Waals surface area contributed by atoms with Gasteiger partial charge in [0.1, 0.15) is 5.82 Å². The summed E-state index contributed by atoms with van der Waals surface area (Å²) in [6, 6.07) is 0. The number of hydrogen-bond acceptors (Lipinski definition) is 4. The summed E-state index contributed by atoms with van der Waals surface area (Å²) in [5.74, 6) is 1.46. The summed E-state index contributed by atoms with van der Waals surface area (Å²) in [7, 11) is 0. The minimum Gasteiger partial charge on any atom is -0.380 e. The second kappa shape index (κ2) is 3.42. The molecule has 3 rings (SSSR count). The Morgan fingerprint density at radius 1 is 1.31 bits per heavy atom. The standard InChI is InChI=1S/C12H17N3O/c1-9(2)10-3-13-4-11(14-10)15-5-12(6-15)7-16-8-12/h3-4,9H,5-8H2,1-2H3. The van der Waals surface area contributed by atoms with Crippen molar-refractivity contribution in [3.8, 4) is 0 Å². The summed E-state index contributed by atoms with van der Waals surface area (Å²) in [5, 5.41) is 0. The molecule has 0 aromatic carbocycles. The van der Waals surface area contributed by atoms with Crippen LogP contribution in [0.15, 0.2) is 12.4 Å². The second-order valence-corrected chi connectivity index (χ2v) is 5.31. The molecule has 1 spiro atoms. The number of hydrogen-bond donors (Lipinski definition) is 0. The molecule has 0 unspecified atom stereocenters. The molecule has 86 valence electrons. The predicted octanol–water partition coefficient (Wildman–Crippen LogP) is 1.44. The van der Waals surface area contributed by atoms with Crippen LogP contribution in [0.4, 0.5) is 5.82 Å². The van der Waals surface area contributed by atoms with E-state index in [9.17, 15) is 0 Å². The molecule has 0 radical (unpaired) electrons. The molecular weight excluding hydrogens is 202 g/mol. The SMILES string of the molecule is CC(C)c1cncc(N2CC3(COC3)C2)n1. The summed E-state index contributed by atoms with van der Waals surface area (Å²) in [4.78, 5) is 11.2. The van der Waals surface area contributed by atoms with Gasteiger partial charge in [0.15, 0.2) is 0 Å². The van der Waals surface area contributed by atoms with Crippen molar-refractivity contribution in [2.24, 2.45) is 5.41 Å². The molecule has 0 amide bonds. The second-order valence-electron chi connectivity index (χ2n) is 5.31. The van der Waals surface area contributed by atoms with Crippen LogP contribution in [0.25, 0.3) is 0 Å². The first-order valence-corrected chi connectivity index (χ1v) is 5.83. The molecule has 2 fully saturated rings. The summed E-state index contributed by atoms with van der Waals surface area (Å²) in [6.07, 6.45) is 3.72. The van der Waals surface area contributed by atoms with Gasteiger partial charge in [0.05, 0.1) is 30.5 Å². The third-order valence-electron chi connectivity index (χ3n) is 3.43. The van der Waals surface area contributed by atoms with Gasteiger partial charge in [-0.2, -0.15) is 0 Å². The average Bonchev–Trinajstić information content (AvgIpc) is 2.14. The molecule has 4 heteroatoms. The van der Waals surface area contributed by atoms with Crippen molar-refractivity contribution in [3.63, 3.8) is 0 Å². The van der Waals surface area contributed by atoms with Gasteiger partial charge >= 0.3 is 0 Å². The summed E-state index contributed by atoms with van der Waals surface area (Å²) < 4.78 is 5.26. The van der Waals surface area contributed by atoms with E-state index >= 15 is 0 Å². The lowest BCUT2D eigenvalue weighted by molar-refractivity contribution is -0.127. The number of aromatic nitrogens is 2. The number of nitrogens with zero attached hydrogens (tertiary/aromatic N) is 3. The van der Waals surface area contributed by atoms with Gasteiger partial charge in [-0.1, -0.05) is 13.8 Å². The fraction of sp³-hybridized carbons (Fsp3) is 0.667. The van der Waals surface area contributed by atoms with Crippen molar-refractivity contribution in [3.05, 3.63) is 18.1 Å². The van der Waals surface area contributed by atoms with Gasteiger partial charge in [-0.25, -0.2) is 4.98 Å². The number of anilines is 1. The highest BCUT2D eigenvalue weighted by atomic mass is 16.5. The van der Waals surface area contributed by atoms with E-state index in [1.807, 2.05) is 12.4 Å². The number of rotatable bonds is 2. The van der Waals surface area contributed by atoms with Crippen LogP contribution in [0.3, 0.4) is 0 Å². The lowest BCUT2D eigenvalue weighted by atomic mass is 9.78. The molecule has 3 heterocycles. The highest BCUT2D eigenvalue weighted by Gasteiger charge is 2.49. The molecule has 2 aliphatic rings. The summed E-state index contributed by atoms with van der Waals surface area (Å²) in [6.45, 7) is 8.27. The monoisotopic (exact) mass is 219 g/mol. The predicted molar refractivity (Wildman–Crippen MR) is 61.6 cm³/mol. The zero-order valence-corrected chi connectivity index (χ0v) is 9.81. The summed E-state index contributed by atoms with van der Waals surface area (Å²) in [5.41, 5.74) is 1.51. The fourth-order valence-corrected chi connectivity index (χ4v) is 2.30. The van der Waals surface area contributed by atoms with E-state index in [1.165, 1.54) is 0 Å². The minimum atomic E-state index is 0.440. The first kappa shape index (κ1) is 10.0. The third-order valence-corrected chi connectivity index (χ3v) is 3.43. The Bertz CT molecular complexity index is 393. The van der Waals surface area contributed by atoms with E-state index in [0.29, 0.717) is 11.3 Å². The van der Waals surface area contributed by atoms with E-state index in [1.54, 1.807) is 0 Å². The molecule has 0 bridgehead atoms. The van der Waals surface area contributed by atoms with E-state index < -0.39 is 0 Å². The maximum Gasteiger partial charge on any atom is 0.147 e. The van der Waals surface area contributed by atoms with Gasteiger partial charge in [-0.05, 0) is 5.92 Å². The lowest BCUT2D eigenvalue weighted by Crippen LogP contribution is -2.66. The van der Waals surface area contributed by atoms with Gasteiger partial charge in [-0.3, -0.25) is 4.98 Å². The zero-order chi connectivity index (χ0) is 11.2. The molecule has 16 heavy (non-hydrogen) atoms. The van der Waals surface area contributed by atoms with Crippen LogP contribution in [0.2, 0.25) is 0 Å².